The number of hydrogen-bond acceptors (Lipinski definition) is 4. The minimum atomic E-state index is 0. The van der Waals surface area contributed by atoms with E-state index < -0.39 is 0 Å². The second-order valence-electron chi connectivity index (χ2n) is 7.14. The zero-order valence-corrected chi connectivity index (χ0v) is 20.1. The summed E-state index contributed by atoms with van der Waals surface area (Å²) in [6, 6.07) is 10.4. The Bertz CT molecular complexity index is 784. The van der Waals surface area contributed by atoms with Crippen LogP contribution >= 0.6 is 24.0 Å². The van der Waals surface area contributed by atoms with E-state index in [0.29, 0.717) is 0 Å². The summed E-state index contributed by atoms with van der Waals surface area (Å²) < 4.78 is 1.85. The van der Waals surface area contributed by atoms with Crippen LogP contribution in [0.5, 0.6) is 0 Å². The minimum absolute atomic E-state index is 0. The highest BCUT2D eigenvalue weighted by Gasteiger charge is 2.17. The molecule has 3 rings (SSSR count). The molecule has 0 atom stereocenters. The zero-order valence-electron chi connectivity index (χ0n) is 17.8. The lowest BCUT2D eigenvalue weighted by Crippen LogP contribution is -2.50. The highest BCUT2D eigenvalue weighted by molar-refractivity contribution is 14.0. The van der Waals surface area contributed by atoms with Gasteiger partial charge in [-0.1, -0.05) is 12.1 Å². The largest absolute Gasteiger partial charge is 0.356 e. The summed E-state index contributed by atoms with van der Waals surface area (Å²) in [4.78, 5) is 20.0. The second kappa shape index (κ2) is 12.5. The smallest absolute Gasteiger partial charge is 0.219 e. The predicted octanol–water partition coefficient (Wildman–Crippen LogP) is 1.36. The van der Waals surface area contributed by atoms with E-state index in [2.05, 4.69) is 49.9 Å². The number of rotatable bonds is 7. The summed E-state index contributed by atoms with van der Waals surface area (Å²) >= 11 is 0. The first-order valence-corrected chi connectivity index (χ1v) is 10.2. The molecule has 2 aromatic rings. The van der Waals surface area contributed by atoms with E-state index in [1.165, 1.54) is 5.56 Å². The third kappa shape index (κ3) is 7.28. The Morgan fingerprint density at radius 3 is 2.40 bits per heavy atom. The van der Waals surface area contributed by atoms with Gasteiger partial charge in [-0.3, -0.25) is 14.7 Å². The maximum atomic E-state index is 11.4. The number of nitrogens with one attached hydrogen (secondary N) is 2. The molecular weight excluding hydrogens is 493 g/mol. The van der Waals surface area contributed by atoms with E-state index in [9.17, 15) is 4.79 Å². The second-order valence-corrected chi connectivity index (χ2v) is 7.14. The predicted molar refractivity (Wildman–Crippen MR) is 131 cm³/mol. The van der Waals surface area contributed by atoms with Crippen LogP contribution in [0.25, 0.3) is 5.69 Å². The monoisotopic (exact) mass is 525 g/mol. The lowest BCUT2D eigenvalue weighted by atomic mass is 10.1. The summed E-state index contributed by atoms with van der Waals surface area (Å²) in [5.74, 6) is 0.990. The third-order valence-electron chi connectivity index (χ3n) is 5.17. The van der Waals surface area contributed by atoms with Crippen LogP contribution < -0.4 is 10.6 Å². The average Bonchev–Trinajstić information content (AvgIpc) is 3.28. The molecule has 0 bridgehead atoms. The van der Waals surface area contributed by atoms with Gasteiger partial charge >= 0.3 is 0 Å². The molecule has 1 aliphatic rings. The summed E-state index contributed by atoms with van der Waals surface area (Å²) in [5.41, 5.74) is 2.33. The van der Waals surface area contributed by atoms with E-state index in [4.69, 9.17) is 0 Å². The zero-order chi connectivity index (χ0) is 20.5. The van der Waals surface area contributed by atoms with Crippen molar-refractivity contribution < 1.29 is 4.79 Å². The van der Waals surface area contributed by atoms with Gasteiger partial charge in [0, 0.05) is 72.2 Å². The van der Waals surface area contributed by atoms with Gasteiger partial charge in [-0.25, -0.2) is 4.68 Å². The molecule has 1 aromatic heterocycles. The van der Waals surface area contributed by atoms with Gasteiger partial charge in [-0.05, 0) is 30.2 Å². The highest BCUT2D eigenvalue weighted by atomic mass is 127. The topological polar surface area (TPSA) is 77.8 Å². The van der Waals surface area contributed by atoms with Gasteiger partial charge in [0.2, 0.25) is 5.91 Å². The van der Waals surface area contributed by atoms with Crippen molar-refractivity contribution in [3.8, 4) is 5.69 Å². The number of aromatic nitrogens is 2. The SMILES string of the molecule is CN=C(NCCc1ccc(-n2cccn2)cc1)NCCN1CCN(C(C)=O)CC1.I. The standard InChI is InChI=1S/C21H31N7O.HI/c1-18(29)27-16-14-26(15-17-27)13-11-24-21(22-2)23-10-8-19-4-6-20(7-5-19)28-12-3-9-25-28;/h3-7,9,12H,8,10-11,13-17H2,1-2H3,(H2,22,23,24);1H. The van der Waals surface area contributed by atoms with E-state index in [1.54, 1.807) is 20.2 Å². The third-order valence-corrected chi connectivity index (χ3v) is 5.17. The molecule has 2 heterocycles. The fraction of sp³-hybridized carbons (Fsp3) is 0.476. The maximum absolute atomic E-state index is 11.4. The van der Waals surface area contributed by atoms with Gasteiger partial charge in [-0.15, -0.1) is 24.0 Å². The van der Waals surface area contributed by atoms with E-state index in [1.807, 2.05) is 21.8 Å². The molecule has 0 saturated carbocycles. The summed E-state index contributed by atoms with van der Waals surface area (Å²) in [7, 11) is 1.79. The molecule has 0 unspecified atom stereocenters. The molecule has 1 aliphatic heterocycles. The van der Waals surface area contributed by atoms with Crippen molar-refractivity contribution in [1.29, 1.82) is 0 Å². The van der Waals surface area contributed by atoms with Gasteiger partial charge < -0.3 is 15.5 Å². The van der Waals surface area contributed by atoms with E-state index in [0.717, 1.165) is 63.9 Å². The molecule has 1 fully saturated rings. The Labute approximate surface area is 195 Å². The number of hydrogen-bond donors (Lipinski definition) is 2. The van der Waals surface area contributed by atoms with Crippen molar-refractivity contribution >= 4 is 35.8 Å². The molecule has 0 spiro atoms. The Kier molecular flexibility index (Phi) is 10.1. The van der Waals surface area contributed by atoms with Crippen molar-refractivity contribution in [3.05, 3.63) is 48.3 Å². The van der Waals surface area contributed by atoms with E-state index >= 15 is 0 Å². The van der Waals surface area contributed by atoms with Crippen LogP contribution in [0, 0.1) is 0 Å². The first-order chi connectivity index (χ1) is 14.2. The van der Waals surface area contributed by atoms with Crippen molar-refractivity contribution in [1.82, 2.24) is 30.2 Å². The molecule has 1 aromatic carbocycles. The lowest BCUT2D eigenvalue weighted by molar-refractivity contribution is -0.130. The molecule has 2 N–H and O–H groups in total. The van der Waals surface area contributed by atoms with Gasteiger partial charge in [0.15, 0.2) is 5.96 Å². The Balaban J connectivity index is 0.00000320. The van der Waals surface area contributed by atoms with Crippen LogP contribution in [-0.2, 0) is 11.2 Å². The summed E-state index contributed by atoms with van der Waals surface area (Å²) in [6.07, 6.45) is 4.64. The Hall–Kier alpha value is -2.14. The van der Waals surface area contributed by atoms with Crippen LogP contribution in [-0.4, -0.2) is 84.3 Å². The quantitative estimate of drug-likeness (QED) is 0.325. The van der Waals surface area contributed by atoms with Crippen LogP contribution in [0.1, 0.15) is 12.5 Å². The molecule has 1 amide bonds. The first-order valence-electron chi connectivity index (χ1n) is 10.2. The summed E-state index contributed by atoms with van der Waals surface area (Å²) in [6.45, 7) is 7.74. The molecular formula is C21H32IN7O. The Morgan fingerprint density at radius 1 is 1.10 bits per heavy atom. The van der Waals surface area contributed by atoms with Crippen molar-refractivity contribution in [2.24, 2.45) is 4.99 Å². The number of amides is 1. The normalized spacial score (nSPS) is 14.9. The van der Waals surface area contributed by atoms with Crippen LogP contribution in [0.2, 0.25) is 0 Å². The average molecular weight is 525 g/mol. The van der Waals surface area contributed by atoms with E-state index in [-0.39, 0.29) is 29.9 Å². The molecule has 1 saturated heterocycles. The van der Waals surface area contributed by atoms with Crippen LogP contribution in [0.15, 0.2) is 47.7 Å². The minimum Gasteiger partial charge on any atom is -0.356 e. The summed E-state index contributed by atoms with van der Waals surface area (Å²) in [5, 5.41) is 11.0. The van der Waals surface area contributed by atoms with Crippen molar-refractivity contribution in [2.75, 3.05) is 52.9 Å². The maximum Gasteiger partial charge on any atom is 0.219 e. The number of piperazine rings is 1. The Morgan fingerprint density at radius 2 is 1.80 bits per heavy atom. The van der Waals surface area contributed by atoms with Crippen LogP contribution in [0.4, 0.5) is 0 Å². The molecule has 8 nitrogen and oxygen atoms in total. The number of guanidine groups is 1. The molecule has 30 heavy (non-hydrogen) atoms. The number of carbonyl (C=O) groups excluding carboxylic acids is 1. The van der Waals surface area contributed by atoms with Gasteiger partial charge in [0.05, 0.1) is 5.69 Å². The molecule has 9 heteroatoms. The van der Waals surface area contributed by atoms with Crippen LogP contribution in [0.3, 0.4) is 0 Å². The van der Waals surface area contributed by atoms with Gasteiger partial charge in [0.25, 0.3) is 0 Å². The highest BCUT2D eigenvalue weighted by Crippen LogP contribution is 2.08. The van der Waals surface area contributed by atoms with Crippen molar-refractivity contribution in [3.63, 3.8) is 0 Å². The molecule has 164 valence electrons. The molecule has 0 aliphatic carbocycles. The molecule has 0 radical (unpaired) electrons. The number of aliphatic imine (C=N–C) groups is 1. The van der Waals surface area contributed by atoms with Gasteiger partial charge in [0.1, 0.15) is 0 Å². The van der Waals surface area contributed by atoms with Crippen molar-refractivity contribution in [2.45, 2.75) is 13.3 Å². The fourth-order valence-corrected chi connectivity index (χ4v) is 3.40. The fourth-order valence-electron chi connectivity index (χ4n) is 3.40. The lowest BCUT2D eigenvalue weighted by Gasteiger charge is -2.34. The number of carbonyl (C=O) groups is 1. The number of halogens is 1. The number of benzene rings is 1. The first kappa shape index (κ1) is 24.1. The van der Waals surface area contributed by atoms with Gasteiger partial charge in [-0.2, -0.15) is 5.10 Å². The number of nitrogens with zero attached hydrogens (tertiary/aromatic N) is 5.